The highest BCUT2D eigenvalue weighted by Gasteiger charge is 2.19. The van der Waals surface area contributed by atoms with Crippen molar-refractivity contribution in [1.29, 1.82) is 0 Å². The molecular weight excluding hydrogens is 549 g/mol. The number of anilines is 1. The number of carbonyl (C=O) groups excluding carboxylic acids is 1. The lowest BCUT2D eigenvalue weighted by Crippen LogP contribution is -2.46. The molecule has 0 spiro atoms. The monoisotopic (exact) mass is 575 g/mol. The molecule has 0 unspecified atom stereocenters. The normalized spacial score (nSPS) is 12.0. The Morgan fingerprint density at radius 3 is 2.15 bits per heavy atom. The Kier molecular flexibility index (Phi) is 9.72. The fourth-order valence-corrected chi connectivity index (χ4v) is 4.61. The third-order valence-corrected chi connectivity index (χ3v) is 6.70. The molecule has 1 heterocycles. The van der Waals surface area contributed by atoms with Crippen LogP contribution in [0.1, 0.15) is 32.6 Å². The molecule has 0 bridgehead atoms. The summed E-state index contributed by atoms with van der Waals surface area (Å²) in [6.07, 6.45) is 3.58. The van der Waals surface area contributed by atoms with E-state index in [0.29, 0.717) is 12.2 Å². The maximum Gasteiger partial charge on any atom is 0.326 e. The Morgan fingerprint density at radius 1 is 0.875 bits per heavy atom. The van der Waals surface area contributed by atoms with Gasteiger partial charge in [-0.15, -0.1) is 0 Å². The zero-order valence-electron chi connectivity index (χ0n) is 21.4. The number of pyridine rings is 1. The summed E-state index contributed by atoms with van der Waals surface area (Å²) >= 11 is 12.1. The highest BCUT2D eigenvalue weighted by atomic mass is 35.5. The first-order valence-electron chi connectivity index (χ1n) is 12.4. The molecule has 204 valence electrons. The minimum absolute atomic E-state index is 0.0388. The third kappa shape index (κ3) is 7.81. The largest absolute Gasteiger partial charge is 0.480 e. The van der Waals surface area contributed by atoms with E-state index in [2.05, 4.69) is 32.7 Å². The van der Waals surface area contributed by atoms with Crippen LogP contribution in [-0.4, -0.2) is 34.0 Å². The predicted molar refractivity (Wildman–Crippen MR) is 158 cm³/mol. The molecule has 8 nitrogen and oxygen atoms in total. The standard InChI is InChI=1S/C30H27Cl2N5O3/c31-24-17-34-18-25(32)27(24)28(38)36-23-12-10-20(11-13-23)15-26(29(39)40)37-30(33)35-16-22-9-5-4-8-21(22)14-19-6-2-1-3-7-19/h1-13,17-18,26H,14-16H2,(H,36,38)(H,39,40)(H3,33,35,37)/t26-/m0/s1. The number of hydrogen-bond acceptors (Lipinski definition) is 4. The summed E-state index contributed by atoms with van der Waals surface area (Å²) in [5.41, 5.74) is 10.7. The number of nitrogens with one attached hydrogen (secondary N) is 2. The second-order valence-electron chi connectivity index (χ2n) is 9.00. The van der Waals surface area contributed by atoms with Crippen LogP contribution in [0.3, 0.4) is 0 Å². The van der Waals surface area contributed by atoms with Crippen LogP contribution >= 0.6 is 23.2 Å². The molecule has 1 atom stereocenters. The summed E-state index contributed by atoms with van der Waals surface area (Å²) in [6, 6.07) is 23.8. The van der Waals surface area contributed by atoms with Crippen LogP contribution in [0.25, 0.3) is 0 Å². The lowest BCUT2D eigenvalue weighted by molar-refractivity contribution is -0.139. The molecule has 4 aromatic rings. The number of aliphatic carboxylic acids is 1. The van der Waals surface area contributed by atoms with E-state index in [0.717, 1.165) is 23.1 Å². The van der Waals surface area contributed by atoms with Crippen LogP contribution < -0.4 is 16.4 Å². The molecule has 0 aliphatic rings. The zero-order chi connectivity index (χ0) is 28.5. The fraction of sp³-hybridized carbons (Fsp3) is 0.133. The van der Waals surface area contributed by atoms with Crippen molar-refractivity contribution >= 4 is 46.7 Å². The van der Waals surface area contributed by atoms with Crippen LogP contribution in [0.4, 0.5) is 5.69 Å². The number of benzene rings is 3. The van der Waals surface area contributed by atoms with Gasteiger partial charge in [0.05, 0.1) is 22.2 Å². The van der Waals surface area contributed by atoms with Gasteiger partial charge in [0.25, 0.3) is 5.91 Å². The fourth-order valence-electron chi connectivity index (χ4n) is 4.08. The van der Waals surface area contributed by atoms with Crippen LogP contribution in [0, 0.1) is 0 Å². The van der Waals surface area contributed by atoms with Crippen LogP contribution in [0.5, 0.6) is 0 Å². The Morgan fingerprint density at radius 2 is 1.50 bits per heavy atom. The molecule has 0 saturated heterocycles. The van der Waals surface area contributed by atoms with Crippen molar-refractivity contribution in [1.82, 2.24) is 10.3 Å². The molecule has 10 heteroatoms. The summed E-state index contributed by atoms with van der Waals surface area (Å²) in [6.45, 7) is 0.314. The number of carbonyl (C=O) groups is 2. The lowest BCUT2D eigenvalue weighted by atomic mass is 10.00. The molecule has 5 N–H and O–H groups in total. The van der Waals surface area contributed by atoms with Crippen LogP contribution in [0.15, 0.2) is 96.2 Å². The van der Waals surface area contributed by atoms with Gasteiger partial charge in [0.2, 0.25) is 0 Å². The van der Waals surface area contributed by atoms with E-state index in [-0.39, 0.29) is 28.0 Å². The Bertz CT molecular complexity index is 1490. The summed E-state index contributed by atoms with van der Waals surface area (Å²) < 4.78 is 0. The zero-order valence-corrected chi connectivity index (χ0v) is 22.9. The van der Waals surface area contributed by atoms with Gasteiger partial charge in [-0.25, -0.2) is 9.79 Å². The predicted octanol–water partition coefficient (Wildman–Crippen LogP) is 5.33. The van der Waals surface area contributed by atoms with E-state index in [4.69, 9.17) is 28.9 Å². The number of carboxylic acid groups (broad SMARTS) is 1. The first kappa shape index (κ1) is 28.6. The number of nitrogens with two attached hydrogens (primary N) is 1. The first-order chi connectivity index (χ1) is 19.3. The van der Waals surface area contributed by atoms with Gasteiger partial charge in [0, 0.05) is 24.5 Å². The van der Waals surface area contributed by atoms with Gasteiger partial charge in [-0.3, -0.25) is 9.78 Å². The number of hydrogen-bond donors (Lipinski definition) is 4. The number of aromatic nitrogens is 1. The summed E-state index contributed by atoms with van der Waals surface area (Å²) in [4.78, 5) is 32.8. The number of amides is 1. The van der Waals surface area contributed by atoms with Gasteiger partial charge in [-0.1, -0.05) is 89.9 Å². The van der Waals surface area contributed by atoms with Crippen LogP contribution in [-0.2, 0) is 24.2 Å². The Balaban J connectivity index is 1.37. The molecular formula is C30H27Cl2N5O3. The molecule has 0 aliphatic carbocycles. The Labute approximate surface area is 241 Å². The Hall–Kier alpha value is -4.40. The minimum atomic E-state index is -1.07. The number of rotatable bonds is 10. The van der Waals surface area contributed by atoms with Crippen molar-refractivity contribution in [2.75, 3.05) is 5.32 Å². The quantitative estimate of drug-likeness (QED) is 0.149. The van der Waals surface area contributed by atoms with E-state index >= 15 is 0 Å². The smallest absolute Gasteiger partial charge is 0.326 e. The molecule has 3 aromatic carbocycles. The molecule has 40 heavy (non-hydrogen) atoms. The molecule has 0 fully saturated rings. The van der Waals surface area contributed by atoms with E-state index in [1.807, 2.05) is 42.5 Å². The van der Waals surface area contributed by atoms with Crippen molar-refractivity contribution in [2.24, 2.45) is 10.7 Å². The summed E-state index contributed by atoms with van der Waals surface area (Å²) in [5.74, 6) is -1.51. The van der Waals surface area contributed by atoms with Crippen molar-refractivity contribution in [2.45, 2.75) is 25.4 Å². The first-order valence-corrected chi connectivity index (χ1v) is 13.1. The average Bonchev–Trinajstić information content (AvgIpc) is 2.93. The summed E-state index contributed by atoms with van der Waals surface area (Å²) in [7, 11) is 0. The van der Waals surface area contributed by atoms with E-state index in [1.54, 1.807) is 24.3 Å². The molecule has 0 radical (unpaired) electrons. The van der Waals surface area contributed by atoms with Gasteiger partial charge in [0.1, 0.15) is 6.04 Å². The maximum absolute atomic E-state index is 12.6. The van der Waals surface area contributed by atoms with Crippen molar-refractivity contribution in [3.63, 3.8) is 0 Å². The topological polar surface area (TPSA) is 130 Å². The number of nitrogens with zero attached hydrogens (tertiary/aromatic N) is 2. The van der Waals surface area contributed by atoms with Gasteiger partial charge < -0.3 is 21.5 Å². The second-order valence-corrected chi connectivity index (χ2v) is 9.82. The van der Waals surface area contributed by atoms with E-state index < -0.39 is 17.9 Å². The van der Waals surface area contributed by atoms with Gasteiger partial charge in [-0.2, -0.15) is 0 Å². The highest BCUT2D eigenvalue weighted by molar-refractivity contribution is 6.40. The van der Waals surface area contributed by atoms with E-state index in [1.165, 1.54) is 18.0 Å². The maximum atomic E-state index is 12.6. The van der Waals surface area contributed by atoms with Gasteiger partial charge in [-0.05, 0) is 40.8 Å². The summed E-state index contributed by atoms with van der Waals surface area (Å²) in [5, 5.41) is 15.6. The van der Waals surface area contributed by atoms with Crippen molar-refractivity contribution in [3.05, 3.63) is 129 Å². The lowest BCUT2D eigenvalue weighted by Gasteiger charge is -2.16. The van der Waals surface area contributed by atoms with Gasteiger partial charge in [0.15, 0.2) is 5.96 Å². The van der Waals surface area contributed by atoms with Crippen molar-refractivity contribution < 1.29 is 14.7 Å². The van der Waals surface area contributed by atoms with Crippen molar-refractivity contribution in [3.8, 4) is 0 Å². The number of halogens is 2. The SMILES string of the molecule is NC(=NCc1ccccc1Cc1ccccc1)N[C@@H](Cc1ccc(NC(=O)c2c(Cl)cncc2Cl)cc1)C(=O)O. The minimum Gasteiger partial charge on any atom is -0.480 e. The molecule has 0 aliphatic heterocycles. The van der Waals surface area contributed by atoms with E-state index in [9.17, 15) is 14.7 Å². The molecule has 0 saturated carbocycles. The molecule has 1 amide bonds. The third-order valence-electron chi connectivity index (χ3n) is 6.13. The number of guanidine groups is 1. The highest BCUT2D eigenvalue weighted by Crippen LogP contribution is 2.24. The number of carboxylic acids is 1. The van der Waals surface area contributed by atoms with Crippen LogP contribution in [0.2, 0.25) is 10.0 Å². The molecule has 4 rings (SSSR count). The van der Waals surface area contributed by atoms with Gasteiger partial charge >= 0.3 is 5.97 Å². The molecule has 1 aromatic heterocycles. The second kappa shape index (κ2) is 13.6. The number of aliphatic imine (C=N–C) groups is 1. The average molecular weight is 576 g/mol.